The van der Waals surface area contributed by atoms with Crippen molar-refractivity contribution in [1.82, 2.24) is 20.9 Å². The summed E-state index contributed by atoms with van der Waals surface area (Å²) in [5.74, 6) is -1.62. The molecule has 0 atom stereocenters. The third-order valence-electron chi connectivity index (χ3n) is 2.79. The van der Waals surface area contributed by atoms with Crippen molar-refractivity contribution < 1.29 is 24.0 Å². The summed E-state index contributed by atoms with van der Waals surface area (Å²) in [7, 11) is 0. The fraction of sp³-hybridized carbons (Fsp3) is 0.533. The molecule has 5 amide bonds. The average Bonchev–Trinajstić information content (AvgIpc) is 2.55. The highest BCUT2D eigenvalue weighted by molar-refractivity contribution is 5.94. The molecule has 0 heterocycles. The SMILES string of the molecule is C/C=C\C(=O)N(C=O)CCCC(=O)NCC(=O)NCC(=O)NCC. The van der Waals surface area contributed by atoms with Crippen LogP contribution < -0.4 is 16.0 Å². The Balaban J connectivity index is 3.93. The lowest BCUT2D eigenvalue weighted by Crippen LogP contribution is -2.42. The molecule has 0 bridgehead atoms. The van der Waals surface area contributed by atoms with Gasteiger partial charge in [-0.3, -0.25) is 28.9 Å². The summed E-state index contributed by atoms with van der Waals surface area (Å²) in [6.07, 6.45) is 3.54. The van der Waals surface area contributed by atoms with Crippen LogP contribution in [0.1, 0.15) is 26.7 Å². The molecule has 9 nitrogen and oxygen atoms in total. The minimum atomic E-state index is -0.479. The van der Waals surface area contributed by atoms with Crippen LogP contribution in [0, 0.1) is 0 Å². The lowest BCUT2D eigenvalue weighted by molar-refractivity contribution is -0.135. The van der Waals surface area contributed by atoms with E-state index < -0.39 is 11.8 Å². The Morgan fingerprint density at radius 1 is 0.958 bits per heavy atom. The molecular formula is C15H24N4O5. The van der Waals surface area contributed by atoms with Gasteiger partial charge in [0.25, 0.3) is 5.91 Å². The standard InChI is InChI=1S/C15H24N4O5/c1-3-6-15(24)19(11-20)8-5-7-12(21)17-10-14(23)18-9-13(22)16-4-2/h3,6,11H,4-5,7-10H2,1-2H3,(H,16,22)(H,17,21)(H,18,23)/b6-3-. The zero-order valence-corrected chi connectivity index (χ0v) is 14.0. The van der Waals surface area contributed by atoms with Gasteiger partial charge in [0.1, 0.15) is 0 Å². The van der Waals surface area contributed by atoms with Crippen LogP contribution in [-0.4, -0.2) is 61.1 Å². The van der Waals surface area contributed by atoms with Gasteiger partial charge in [0.15, 0.2) is 0 Å². The van der Waals surface area contributed by atoms with Crippen LogP contribution in [0.4, 0.5) is 0 Å². The summed E-state index contributed by atoms with van der Waals surface area (Å²) in [6, 6.07) is 0. The molecule has 9 heteroatoms. The molecule has 24 heavy (non-hydrogen) atoms. The quantitative estimate of drug-likeness (QED) is 0.318. The van der Waals surface area contributed by atoms with Gasteiger partial charge < -0.3 is 16.0 Å². The van der Waals surface area contributed by atoms with E-state index in [9.17, 15) is 24.0 Å². The third-order valence-corrected chi connectivity index (χ3v) is 2.79. The van der Waals surface area contributed by atoms with E-state index in [4.69, 9.17) is 0 Å². The molecule has 0 radical (unpaired) electrons. The van der Waals surface area contributed by atoms with Crippen molar-refractivity contribution in [2.24, 2.45) is 0 Å². The van der Waals surface area contributed by atoms with Crippen LogP contribution in [0.3, 0.4) is 0 Å². The Morgan fingerprint density at radius 2 is 1.54 bits per heavy atom. The number of likely N-dealkylation sites (N-methyl/N-ethyl adjacent to an activating group) is 1. The largest absolute Gasteiger partial charge is 0.355 e. The number of hydrogen-bond acceptors (Lipinski definition) is 5. The fourth-order valence-electron chi connectivity index (χ4n) is 1.63. The van der Waals surface area contributed by atoms with Crippen LogP contribution >= 0.6 is 0 Å². The Kier molecular flexibility index (Phi) is 11.4. The maximum atomic E-state index is 11.6. The maximum Gasteiger partial charge on any atom is 0.252 e. The molecule has 0 rings (SSSR count). The Bertz CT molecular complexity index is 490. The molecule has 0 aliphatic carbocycles. The van der Waals surface area contributed by atoms with Crippen molar-refractivity contribution >= 4 is 30.0 Å². The Hall–Kier alpha value is -2.71. The molecule has 0 fully saturated rings. The predicted molar refractivity (Wildman–Crippen MR) is 86.5 cm³/mol. The molecule has 0 aliphatic rings. The van der Waals surface area contributed by atoms with Gasteiger partial charge in [-0.2, -0.15) is 0 Å². The highest BCUT2D eigenvalue weighted by Gasteiger charge is 2.11. The first-order valence-corrected chi connectivity index (χ1v) is 7.63. The van der Waals surface area contributed by atoms with Gasteiger partial charge in [-0.1, -0.05) is 6.08 Å². The number of nitrogens with zero attached hydrogens (tertiary/aromatic N) is 1. The second-order valence-corrected chi connectivity index (χ2v) is 4.75. The summed E-state index contributed by atoms with van der Waals surface area (Å²) in [5.41, 5.74) is 0. The lowest BCUT2D eigenvalue weighted by atomic mass is 10.2. The van der Waals surface area contributed by atoms with E-state index in [1.54, 1.807) is 13.8 Å². The Labute approximate surface area is 140 Å². The summed E-state index contributed by atoms with van der Waals surface area (Å²) in [5, 5.41) is 7.28. The summed E-state index contributed by atoms with van der Waals surface area (Å²) < 4.78 is 0. The molecule has 3 N–H and O–H groups in total. The number of allylic oxidation sites excluding steroid dienone is 1. The minimum Gasteiger partial charge on any atom is -0.355 e. The Morgan fingerprint density at radius 3 is 2.08 bits per heavy atom. The number of hydrogen-bond donors (Lipinski definition) is 3. The van der Waals surface area contributed by atoms with Crippen molar-refractivity contribution in [3.05, 3.63) is 12.2 Å². The minimum absolute atomic E-state index is 0.0665. The van der Waals surface area contributed by atoms with Crippen LogP contribution in [0.25, 0.3) is 0 Å². The highest BCUT2D eigenvalue weighted by Crippen LogP contribution is 1.95. The maximum absolute atomic E-state index is 11.6. The number of nitrogens with one attached hydrogen (secondary N) is 3. The van der Waals surface area contributed by atoms with E-state index >= 15 is 0 Å². The van der Waals surface area contributed by atoms with Crippen molar-refractivity contribution in [3.8, 4) is 0 Å². The van der Waals surface area contributed by atoms with Crippen LogP contribution in [0.15, 0.2) is 12.2 Å². The molecule has 0 unspecified atom stereocenters. The number of carbonyl (C=O) groups is 5. The van der Waals surface area contributed by atoms with E-state index in [-0.39, 0.29) is 44.3 Å². The van der Waals surface area contributed by atoms with Gasteiger partial charge in [-0.25, -0.2) is 0 Å². The van der Waals surface area contributed by atoms with Gasteiger partial charge in [0.2, 0.25) is 24.1 Å². The number of amides is 5. The molecule has 0 aliphatic heterocycles. The van der Waals surface area contributed by atoms with E-state index in [1.807, 2.05) is 0 Å². The third kappa shape index (κ3) is 10.1. The summed E-state index contributed by atoms with van der Waals surface area (Å²) in [6.45, 7) is 3.61. The van der Waals surface area contributed by atoms with E-state index in [0.717, 1.165) is 4.90 Å². The van der Waals surface area contributed by atoms with Gasteiger partial charge in [0, 0.05) is 19.5 Å². The van der Waals surface area contributed by atoms with Crippen molar-refractivity contribution in [3.63, 3.8) is 0 Å². The first-order valence-electron chi connectivity index (χ1n) is 7.63. The van der Waals surface area contributed by atoms with E-state index in [2.05, 4.69) is 16.0 Å². The van der Waals surface area contributed by atoms with E-state index in [0.29, 0.717) is 13.0 Å². The second-order valence-electron chi connectivity index (χ2n) is 4.75. The van der Waals surface area contributed by atoms with Gasteiger partial charge in [-0.05, 0) is 26.3 Å². The van der Waals surface area contributed by atoms with E-state index in [1.165, 1.54) is 12.2 Å². The lowest BCUT2D eigenvalue weighted by Gasteiger charge is -2.13. The van der Waals surface area contributed by atoms with Gasteiger partial charge >= 0.3 is 0 Å². The zero-order chi connectivity index (χ0) is 18.4. The first kappa shape index (κ1) is 21.3. The van der Waals surface area contributed by atoms with Crippen molar-refractivity contribution in [1.29, 1.82) is 0 Å². The molecule has 0 spiro atoms. The van der Waals surface area contributed by atoms with Gasteiger partial charge in [0.05, 0.1) is 13.1 Å². The van der Waals surface area contributed by atoms with Gasteiger partial charge in [-0.15, -0.1) is 0 Å². The van der Waals surface area contributed by atoms with Crippen LogP contribution in [-0.2, 0) is 24.0 Å². The monoisotopic (exact) mass is 340 g/mol. The smallest absolute Gasteiger partial charge is 0.252 e. The van der Waals surface area contributed by atoms with Crippen LogP contribution in [0.5, 0.6) is 0 Å². The molecule has 0 saturated heterocycles. The number of carbonyl (C=O) groups excluding carboxylic acids is 5. The fourth-order valence-corrected chi connectivity index (χ4v) is 1.63. The molecule has 0 saturated carbocycles. The molecule has 0 aromatic heterocycles. The first-order chi connectivity index (χ1) is 11.4. The average molecular weight is 340 g/mol. The van der Waals surface area contributed by atoms with Crippen molar-refractivity contribution in [2.75, 3.05) is 26.2 Å². The molecule has 0 aromatic carbocycles. The summed E-state index contributed by atoms with van der Waals surface area (Å²) in [4.78, 5) is 57.3. The van der Waals surface area contributed by atoms with Crippen molar-refractivity contribution in [2.45, 2.75) is 26.7 Å². The molecule has 134 valence electrons. The normalized spacial score (nSPS) is 10.1. The molecular weight excluding hydrogens is 316 g/mol. The highest BCUT2D eigenvalue weighted by atomic mass is 16.2. The second kappa shape index (κ2) is 12.8. The predicted octanol–water partition coefficient (Wildman–Crippen LogP) is -1.30. The topological polar surface area (TPSA) is 125 Å². The zero-order valence-electron chi connectivity index (χ0n) is 14.0. The molecule has 0 aromatic rings. The number of imide groups is 1. The van der Waals surface area contributed by atoms with Crippen LogP contribution in [0.2, 0.25) is 0 Å². The number of rotatable bonds is 11. The summed E-state index contributed by atoms with van der Waals surface area (Å²) >= 11 is 0.